The number of carbonyl (C=O) groups excluding carboxylic acids is 1. The molecular weight excluding hydrogens is 350 g/mol. The van der Waals surface area contributed by atoms with E-state index in [2.05, 4.69) is 10.3 Å². The van der Waals surface area contributed by atoms with Gasteiger partial charge in [-0.1, -0.05) is 17.7 Å². The molecule has 1 N–H and O–H groups in total. The predicted octanol–water partition coefficient (Wildman–Crippen LogP) is 2.23. The first kappa shape index (κ1) is 18.4. The summed E-state index contributed by atoms with van der Waals surface area (Å²) in [6, 6.07) is 9.15. The molecule has 1 aromatic heterocycles. The highest BCUT2D eigenvalue weighted by molar-refractivity contribution is 7.89. The van der Waals surface area contributed by atoms with Gasteiger partial charge in [0.05, 0.1) is 17.5 Å². The zero-order valence-electron chi connectivity index (χ0n) is 13.3. The van der Waals surface area contributed by atoms with Crippen LogP contribution in [-0.4, -0.2) is 37.2 Å². The maximum absolute atomic E-state index is 12.4. The van der Waals surface area contributed by atoms with Crippen LogP contribution in [0.15, 0.2) is 53.7 Å². The Bertz CT molecular complexity index is 795. The highest BCUT2D eigenvalue weighted by Gasteiger charge is 2.23. The molecule has 0 bridgehead atoms. The van der Waals surface area contributed by atoms with E-state index in [0.717, 1.165) is 9.87 Å². The first-order chi connectivity index (χ1) is 11.3. The fourth-order valence-electron chi connectivity index (χ4n) is 2.08. The predicted molar refractivity (Wildman–Crippen MR) is 92.1 cm³/mol. The zero-order chi connectivity index (χ0) is 17.7. The van der Waals surface area contributed by atoms with Gasteiger partial charge in [-0.15, -0.1) is 0 Å². The maximum atomic E-state index is 12.4. The van der Waals surface area contributed by atoms with Gasteiger partial charge in [-0.05, 0) is 42.8 Å². The van der Waals surface area contributed by atoms with Gasteiger partial charge in [0.15, 0.2) is 0 Å². The fourth-order valence-corrected chi connectivity index (χ4v) is 3.33. The third-order valence-corrected chi connectivity index (χ3v) is 5.52. The summed E-state index contributed by atoms with van der Waals surface area (Å²) in [5.41, 5.74) is 0.842. The van der Waals surface area contributed by atoms with Crippen LogP contribution in [0.4, 0.5) is 0 Å². The highest BCUT2D eigenvalue weighted by atomic mass is 35.5. The number of halogens is 1. The van der Waals surface area contributed by atoms with Crippen molar-refractivity contribution in [1.82, 2.24) is 14.6 Å². The monoisotopic (exact) mass is 367 g/mol. The molecule has 128 valence electrons. The minimum Gasteiger partial charge on any atom is -0.348 e. The van der Waals surface area contributed by atoms with Gasteiger partial charge >= 0.3 is 0 Å². The van der Waals surface area contributed by atoms with E-state index in [-0.39, 0.29) is 17.5 Å². The van der Waals surface area contributed by atoms with E-state index in [9.17, 15) is 13.2 Å². The minimum absolute atomic E-state index is 0.0857. The van der Waals surface area contributed by atoms with Crippen LogP contribution in [0.25, 0.3) is 0 Å². The number of rotatable bonds is 6. The largest absolute Gasteiger partial charge is 0.348 e. The summed E-state index contributed by atoms with van der Waals surface area (Å²) < 4.78 is 25.9. The van der Waals surface area contributed by atoms with E-state index in [0.29, 0.717) is 5.02 Å². The smallest absolute Gasteiger partial charge is 0.243 e. The van der Waals surface area contributed by atoms with Crippen molar-refractivity contribution < 1.29 is 13.2 Å². The fraction of sp³-hybridized carbons (Fsp3) is 0.250. The Kier molecular flexibility index (Phi) is 5.93. The summed E-state index contributed by atoms with van der Waals surface area (Å²) >= 11 is 5.76. The molecule has 0 aliphatic carbocycles. The molecule has 0 saturated heterocycles. The molecule has 1 heterocycles. The standard InChI is InChI=1S/C16H18ClN3O3S/c1-12(13-4-3-9-18-10-13)19-16(21)11-20(2)24(22,23)15-7-5-14(17)6-8-15/h3-10,12H,11H2,1-2H3,(H,19,21). The molecule has 6 nitrogen and oxygen atoms in total. The van der Waals surface area contributed by atoms with Crippen molar-refractivity contribution in [3.8, 4) is 0 Å². The van der Waals surface area contributed by atoms with Crippen LogP contribution in [0.3, 0.4) is 0 Å². The summed E-state index contributed by atoms with van der Waals surface area (Å²) in [6.07, 6.45) is 3.30. The lowest BCUT2D eigenvalue weighted by Crippen LogP contribution is -2.39. The van der Waals surface area contributed by atoms with Gasteiger partial charge in [-0.3, -0.25) is 9.78 Å². The average Bonchev–Trinajstić information content (AvgIpc) is 2.55. The summed E-state index contributed by atoms with van der Waals surface area (Å²) in [6.45, 7) is 1.53. The second kappa shape index (κ2) is 7.74. The first-order valence-electron chi connectivity index (χ1n) is 7.22. The van der Waals surface area contributed by atoms with Crippen molar-refractivity contribution >= 4 is 27.5 Å². The Labute approximate surface area is 146 Å². The summed E-state index contributed by atoms with van der Waals surface area (Å²) in [5.74, 6) is -0.397. The summed E-state index contributed by atoms with van der Waals surface area (Å²) in [7, 11) is -2.39. The Balaban J connectivity index is 2.01. The van der Waals surface area contributed by atoms with Gasteiger partial charge in [-0.2, -0.15) is 4.31 Å². The molecule has 0 aliphatic rings. The van der Waals surface area contributed by atoms with E-state index >= 15 is 0 Å². The van der Waals surface area contributed by atoms with Gasteiger partial charge in [0.25, 0.3) is 0 Å². The van der Waals surface area contributed by atoms with E-state index in [1.807, 2.05) is 13.0 Å². The van der Waals surface area contributed by atoms with Gasteiger partial charge in [0.1, 0.15) is 0 Å². The number of hydrogen-bond donors (Lipinski definition) is 1. The Hall–Kier alpha value is -1.96. The second-order valence-corrected chi connectivity index (χ2v) is 7.77. The van der Waals surface area contributed by atoms with Crippen LogP contribution >= 0.6 is 11.6 Å². The van der Waals surface area contributed by atoms with Crippen molar-refractivity contribution in [2.45, 2.75) is 17.9 Å². The number of carbonyl (C=O) groups is 1. The van der Waals surface area contributed by atoms with Crippen molar-refractivity contribution in [1.29, 1.82) is 0 Å². The van der Waals surface area contributed by atoms with Gasteiger partial charge in [-0.25, -0.2) is 8.42 Å². The van der Waals surface area contributed by atoms with Gasteiger partial charge in [0.2, 0.25) is 15.9 Å². The summed E-state index contributed by atoms with van der Waals surface area (Å²) in [4.78, 5) is 16.2. The van der Waals surface area contributed by atoms with E-state index in [1.165, 1.54) is 31.3 Å². The average molecular weight is 368 g/mol. The topological polar surface area (TPSA) is 79.4 Å². The Morgan fingerprint density at radius 2 is 1.96 bits per heavy atom. The molecule has 0 fully saturated rings. The number of pyridine rings is 1. The van der Waals surface area contributed by atoms with Crippen LogP contribution < -0.4 is 5.32 Å². The van der Waals surface area contributed by atoms with Gasteiger partial charge in [0, 0.05) is 24.5 Å². The van der Waals surface area contributed by atoms with E-state index in [4.69, 9.17) is 11.6 Å². The third-order valence-electron chi connectivity index (χ3n) is 3.45. The van der Waals surface area contributed by atoms with Crippen LogP contribution in [0.1, 0.15) is 18.5 Å². The highest BCUT2D eigenvalue weighted by Crippen LogP contribution is 2.17. The number of amides is 1. The second-order valence-electron chi connectivity index (χ2n) is 5.29. The van der Waals surface area contributed by atoms with E-state index in [1.54, 1.807) is 18.5 Å². The lowest BCUT2D eigenvalue weighted by Gasteiger charge is -2.19. The molecule has 0 aliphatic heterocycles. The molecule has 1 atom stereocenters. The lowest BCUT2D eigenvalue weighted by atomic mass is 10.1. The number of sulfonamides is 1. The van der Waals surface area contributed by atoms with E-state index < -0.39 is 15.9 Å². The number of likely N-dealkylation sites (N-methyl/N-ethyl adjacent to an activating group) is 1. The molecule has 1 amide bonds. The lowest BCUT2D eigenvalue weighted by molar-refractivity contribution is -0.121. The summed E-state index contributed by atoms with van der Waals surface area (Å²) in [5, 5.41) is 3.20. The molecule has 0 saturated carbocycles. The first-order valence-corrected chi connectivity index (χ1v) is 9.03. The molecular formula is C16H18ClN3O3S. The molecule has 2 rings (SSSR count). The third kappa shape index (κ3) is 4.53. The van der Waals surface area contributed by atoms with Crippen molar-refractivity contribution in [3.63, 3.8) is 0 Å². The zero-order valence-corrected chi connectivity index (χ0v) is 14.9. The minimum atomic E-state index is -3.75. The number of hydrogen-bond acceptors (Lipinski definition) is 4. The number of nitrogens with zero attached hydrogens (tertiary/aromatic N) is 2. The number of aromatic nitrogens is 1. The molecule has 1 unspecified atom stereocenters. The molecule has 2 aromatic rings. The van der Waals surface area contributed by atoms with Crippen LogP contribution in [0.5, 0.6) is 0 Å². The van der Waals surface area contributed by atoms with Gasteiger partial charge < -0.3 is 5.32 Å². The number of nitrogens with one attached hydrogen (secondary N) is 1. The van der Waals surface area contributed by atoms with Crippen LogP contribution in [0, 0.1) is 0 Å². The quantitative estimate of drug-likeness (QED) is 0.849. The molecule has 24 heavy (non-hydrogen) atoms. The molecule has 0 radical (unpaired) electrons. The van der Waals surface area contributed by atoms with Crippen molar-refractivity contribution in [2.24, 2.45) is 0 Å². The Morgan fingerprint density at radius 3 is 2.54 bits per heavy atom. The number of benzene rings is 1. The molecule has 0 spiro atoms. The van der Waals surface area contributed by atoms with Crippen molar-refractivity contribution in [3.05, 3.63) is 59.4 Å². The molecule has 1 aromatic carbocycles. The van der Waals surface area contributed by atoms with Crippen LogP contribution in [-0.2, 0) is 14.8 Å². The normalized spacial score (nSPS) is 12.8. The van der Waals surface area contributed by atoms with Crippen LogP contribution in [0.2, 0.25) is 5.02 Å². The van der Waals surface area contributed by atoms with Crippen molar-refractivity contribution in [2.75, 3.05) is 13.6 Å². The molecule has 8 heteroatoms. The maximum Gasteiger partial charge on any atom is 0.243 e. The SMILES string of the molecule is CC(NC(=O)CN(C)S(=O)(=O)c1ccc(Cl)cc1)c1cccnc1. The Morgan fingerprint density at radius 1 is 1.29 bits per heavy atom.